The van der Waals surface area contributed by atoms with E-state index in [9.17, 15) is 9.90 Å². The van der Waals surface area contributed by atoms with Gasteiger partial charge >= 0.3 is 5.97 Å². The van der Waals surface area contributed by atoms with E-state index in [0.29, 0.717) is 12.4 Å². The van der Waals surface area contributed by atoms with E-state index in [-0.39, 0.29) is 5.56 Å². The molecule has 0 fully saturated rings. The summed E-state index contributed by atoms with van der Waals surface area (Å²) in [6, 6.07) is 29.5. The Bertz CT molecular complexity index is 1120. The van der Waals surface area contributed by atoms with Gasteiger partial charge in [-0.05, 0) is 51.7 Å². The molecule has 132 valence electrons. The van der Waals surface area contributed by atoms with Crippen molar-refractivity contribution in [3.63, 3.8) is 0 Å². The predicted octanol–water partition coefficient (Wildman–Crippen LogP) is 5.78. The Morgan fingerprint density at radius 1 is 0.741 bits per heavy atom. The van der Waals surface area contributed by atoms with E-state index >= 15 is 0 Å². The fourth-order valence-electron chi connectivity index (χ4n) is 3.14. The van der Waals surface area contributed by atoms with Gasteiger partial charge in [-0.15, -0.1) is 0 Å². The number of carbonyl (C=O) groups is 1. The minimum absolute atomic E-state index is 0.170. The zero-order valence-corrected chi connectivity index (χ0v) is 14.6. The lowest BCUT2D eigenvalue weighted by molar-refractivity contribution is 0.0691. The Labute approximate surface area is 157 Å². The van der Waals surface area contributed by atoms with Gasteiger partial charge in [0, 0.05) is 0 Å². The molecule has 0 saturated carbocycles. The normalized spacial score (nSPS) is 10.7. The van der Waals surface area contributed by atoms with E-state index in [1.807, 2.05) is 24.3 Å². The SMILES string of the molecule is O=C(O)c1ccccc1OCc1cccc(-c2ccc3ccccc3c2)c1. The molecule has 0 aliphatic rings. The molecule has 1 N–H and O–H groups in total. The van der Waals surface area contributed by atoms with Gasteiger partial charge in [-0.2, -0.15) is 0 Å². The summed E-state index contributed by atoms with van der Waals surface area (Å²) in [5, 5.41) is 11.7. The van der Waals surface area contributed by atoms with Gasteiger partial charge in [-0.1, -0.05) is 66.7 Å². The fraction of sp³-hybridized carbons (Fsp3) is 0.0417. The lowest BCUT2D eigenvalue weighted by atomic mass is 10.00. The van der Waals surface area contributed by atoms with Gasteiger partial charge in [0.2, 0.25) is 0 Å². The monoisotopic (exact) mass is 354 g/mol. The minimum Gasteiger partial charge on any atom is -0.488 e. The van der Waals surface area contributed by atoms with E-state index < -0.39 is 5.97 Å². The smallest absolute Gasteiger partial charge is 0.339 e. The number of carboxylic acids is 1. The summed E-state index contributed by atoms with van der Waals surface area (Å²) in [4.78, 5) is 11.3. The van der Waals surface area contributed by atoms with Gasteiger partial charge in [0.25, 0.3) is 0 Å². The maximum atomic E-state index is 11.3. The zero-order chi connectivity index (χ0) is 18.6. The molecule has 0 atom stereocenters. The van der Waals surface area contributed by atoms with Crippen LogP contribution in [0.25, 0.3) is 21.9 Å². The third kappa shape index (κ3) is 3.67. The molecule has 4 aromatic rings. The fourth-order valence-corrected chi connectivity index (χ4v) is 3.14. The second kappa shape index (κ2) is 7.34. The lowest BCUT2D eigenvalue weighted by Crippen LogP contribution is -2.03. The minimum atomic E-state index is -0.990. The summed E-state index contributed by atoms with van der Waals surface area (Å²) in [5.74, 6) is -0.614. The third-order valence-electron chi connectivity index (χ3n) is 4.52. The first kappa shape index (κ1) is 16.9. The van der Waals surface area contributed by atoms with Crippen molar-refractivity contribution >= 4 is 16.7 Å². The highest BCUT2D eigenvalue weighted by atomic mass is 16.5. The zero-order valence-electron chi connectivity index (χ0n) is 14.6. The largest absolute Gasteiger partial charge is 0.488 e. The number of hydrogen-bond donors (Lipinski definition) is 1. The van der Waals surface area contributed by atoms with Crippen LogP contribution in [0.2, 0.25) is 0 Å². The molecule has 3 heteroatoms. The lowest BCUT2D eigenvalue weighted by Gasteiger charge is -2.10. The summed E-state index contributed by atoms with van der Waals surface area (Å²) in [7, 11) is 0. The molecule has 4 rings (SSSR count). The number of ether oxygens (including phenoxy) is 1. The first-order chi connectivity index (χ1) is 13.2. The third-order valence-corrected chi connectivity index (χ3v) is 4.52. The van der Waals surface area contributed by atoms with Crippen LogP contribution in [0.1, 0.15) is 15.9 Å². The van der Waals surface area contributed by atoms with E-state index in [2.05, 4.69) is 42.5 Å². The second-order valence-corrected chi connectivity index (χ2v) is 6.35. The van der Waals surface area contributed by atoms with Gasteiger partial charge < -0.3 is 9.84 Å². The van der Waals surface area contributed by atoms with Crippen LogP contribution in [0.3, 0.4) is 0 Å². The Hall–Kier alpha value is -3.59. The van der Waals surface area contributed by atoms with E-state index in [1.165, 1.54) is 10.8 Å². The van der Waals surface area contributed by atoms with E-state index in [4.69, 9.17) is 4.74 Å². The number of rotatable bonds is 5. The first-order valence-corrected chi connectivity index (χ1v) is 8.74. The van der Waals surface area contributed by atoms with Crippen molar-refractivity contribution in [1.29, 1.82) is 0 Å². The summed E-state index contributed by atoms with van der Waals surface area (Å²) >= 11 is 0. The molecule has 0 aliphatic carbocycles. The highest BCUT2D eigenvalue weighted by molar-refractivity contribution is 5.90. The van der Waals surface area contributed by atoms with Crippen LogP contribution < -0.4 is 4.74 Å². The molecule has 0 amide bonds. The summed E-state index contributed by atoms with van der Waals surface area (Å²) in [5.41, 5.74) is 3.40. The number of hydrogen-bond acceptors (Lipinski definition) is 2. The molecule has 0 saturated heterocycles. The molecule has 0 aromatic heterocycles. The van der Waals surface area contributed by atoms with Gasteiger partial charge in [0.1, 0.15) is 17.9 Å². The van der Waals surface area contributed by atoms with Crippen LogP contribution >= 0.6 is 0 Å². The van der Waals surface area contributed by atoms with Gasteiger partial charge in [-0.25, -0.2) is 4.79 Å². The standard InChI is InChI=1S/C24H18O3/c25-24(26)22-10-3-4-11-23(22)27-16-17-6-5-9-19(14-17)21-13-12-18-7-1-2-8-20(18)15-21/h1-15H,16H2,(H,25,26). The highest BCUT2D eigenvalue weighted by Gasteiger charge is 2.10. The highest BCUT2D eigenvalue weighted by Crippen LogP contribution is 2.26. The van der Waals surface area contributed by atoms with E-state index in [0.717, 1.165) is 16.7 Å². The maximum Gasteiger partial charge on any atom is 0.339 e. The number of para-hydroxylation sites is 1. The molecular formula is C24H18O3. The van der Waals surface area contributed by atoms with Gasteiger partial charge in [0.05, 0.1) is 0 Å². The Balaban J connectivity index is 1.58. The van der Waals surface area contributed by atoms with Crippen LogP contribution in [0.5, 0.6) is 5.75 Å². The van der Waals surface area contributed by atoms with E-state index in [1.54, 1.807) is 24.3 Å². The molecule has 27 heavy (non-hydrogen) atoms. The molecule has 0 heterocycles. The molecule has 0 aliphatic heterocycles. The van der Waals surface area contributed by atoms with Crippen LogP contribution in [0.4, 0.5) is 0 Å². The first-order valence-electron chi connectivity index (χ1n) is 8.74. The van der Waals surface area contributed by atoms with Crippen molar-refractivity contribution in [2.45, 2.75) is 6.61 Å². The molecule has 0 radical (unpaired) electrons. The van der Waals surface area contributed by atoms with Crippen molar-refractivity contribution in [3.05, 3.63) is 102 Å². The van der Waals surface area contributed by atoms with Crippen LogP contribution in [0, 0.1) is 0 Å². The number of fused-ring (bicyclic) bond motifs is 1. The average molecular weight is 354 g/mol. The second-order valence-electron chi connectivity index (χ2n) is 6.35. The Morgan fingerprint density at radius 3 is 2.33 bits per heavy atom. The van der Waals surface area contributed by atoms with Crippen LogP contribution in [-0.2, 0) is 6.61 Å². The molecule has 4 aromatic carbocycles. The molecule has 0 spiro atoms. The van der Waals surface area contributed by atoms with Crippen LogP contribution in [-0.4, -0.2) is 11.1 Å². The Morgan fingerprint density at radius 2 is 1.48 bits per heavy atom. The maximum absolute atomic E-state index is 11.3. The molecule has 0 bridgehead atoms. The van der Waals surface area contributed by atoms with Crippen molar-refractivity contribution in [1.82, 2.24) is 0 Å². The summed E-state index contributed by atoms with van der Waals surface area (Å²) in [6.07, 6.45) is 0. The predicted molar refractivity (Wildman–Crippen MR) is 107 cm³/mol. The molecule has 0 unspecified atom stereocenters. The van der Waals surface area contributed by atoms with Crippen molar-refractivity contribution in [3.8, 4) is 16.9 Å². The van der Waals surface area contributed by atoms with Crippen molar-refractivity contribution < 1.29 is 14.6 Å². The number of benzene rings is 4. The molecule has 3 nitrogen and oxygen atoms in total. The summed E-state index contributed by atoms with van der Waals surface area (Å²) < 4.78 is 5.76. The topological polar surface area (TPSA) is 46.5 Å². The summed E-state index contributed by atoms with van der Waals surface area (Å²) in [6.45, 7) is 0.311. The van der Waals surface area contributed by atoms with Crippen molar-refractivity contribution in [2.24, 2.45) is 0 Å². The van der Waals surface area contributed by atoms with Crippen LogP contribution in [0.15, 0.2) is 91.0 Å². The number of carboxylic acid groups (broad SMARTS) is 1. The number of aromatic carboxylic acids is 1. The average Bonchev–Trinajstić information content (AvgIpc) is 2.72. The Kier molecular flexibility index (Phi) is 4.58. The quantitative estimate of drug-likeness (QED) is 0.494. The van der Waals surface area contributed by atoms with Crippen molar-refractivity contribution in [2.75, 3.05) is 0 Å². The molecular weight excluding hydrogens is 336 g/mol. The van der Waals surface area contributed by atoms with Gasteiger partial charge in [-0.3, -0.25) is 0 Å². The van der Waals surface area contributed by atoms with Gasteiger partial charge in [0.15, 0.2) is 0 Å².